The van der Waals surface area contributed by atoms with E-state index >= 15 is 0 Å². The third kappa shape index (κ3) is 6.83. The zero-order valence-electron chi connectivity index (χ0n) is 11.3. The summed E-state index contributed by atoms with van der Waals surface area (Å²) in [5, 5.41) is 0. The third-order valence-electron chi connectivity index (χ3n) is 2.83. The van der Waals surface area contributed by atoms with Crippen LogP contribution in [0, 0.1) is 5.92 Å². The molecule has 1 aromatic rings. The summed E-state index contributed by atoms with van der Waals surface area (Å²) in [5.41, 5.74) is 1.41. The van der Waals surface area contributed by atoms with Crippen molar-refractivity contribution in [2.75, 3.05) is 6.61 Å². The minimum atomic E-state index is 0.731. The van der Waals surface area contributed by atoms with Crippen LogP contribution in [0.15, 0.2) is 42.0 Å². The Kier molecular flexibility index (Phi) is 6.46. The SMILES string of the molecule is CC(C)=CCC[C@H](C)CCOc1ccccc1. The fraction of sp³-hybridized carbons (Fsp3) is 0.500. The Morgan fingerprint density at radius 1 is 1.18 bits per heavy atom. The highest BCUT2D eigenvalue weighted by atomic mass is 16.5. The van der Waals surface area contributed by atoms with Crippen molar-refractivity contribution in [2.24, 2.45) is 5.92 Å². The Morgan fingerprint density at radius 2 is 1.88 bits per heavy atom. The molecule has 0 aliphatic rings. The lowest BCUT2D eigenvalue weighted by Crippen LogP contribution is -2.03. The van der Waals surface area contributed by atoms with Crippen molar-refractivity contribution in [1.29, 1.82) is 0 Å². The average molecular weight is 232 g/mol. The van der Waals surface area contributed by atoms with Crippen molar-refractivity contribution in [2.45, 2.75) is 40.0 Å². The molecule has 1 atom stereocenters. The van der Waals surface area contributed by atoms with E-state index in [1.54, 1.807) is 0 Å². The molecule has 0 fully saturated rings. The van der Waals surface area contributed by atoms with Crippen LogP contribution in [0.1, 0.15) is 40.0 Å². The molecule has 94 valence electrons. The fourth-order valence-corrected chi connectivity index (χ4v) is 1.70. The average Bonchev–Trinajstić information content (AvgIpc) is 2.30. The molecule has 0 aliphatic carbocycles. The Balaban J connectivity index is 2.12. The van der Waals surface area contributed by atoms with Gasteiger partial charge in [0.1, 0.15) is 5.75 Å². The molecule has 17 heavy (non-hydrogen) atoms. The molecule has 0 aliphatic heterocycles. The van der Waals surface area contributed by atoms with E-state index in [2.05, 4.69) is 26.8 Å². The van der Waals surface area contributed by atoms with Crippen LogP contribution >= 0.6 is 0 Å². The number of ether oxygens (including phenoxy) is 1. The quantitative estimate of drug-likeness (QED) is 0.611. The molecule has 0 saturated heterocycles. The lowest BCUT2D eigenvalue weighted by atomic mass is 10.0. The molecule has 0 N–H and O–H groups in total. The van der Waals surface area contributed by atoms with Gasteiger partial charge in [-0.1, -0.05) is 36.8 Å². The fourth-order valence-electron chi connectivity index (χ4n) is 1.70. The molecule has 0 heterocycles. The van der Waals surface area contributed by atoms with Gasteiger partial charge in [0.05, 0.1) is 6.61 Å². The molecule has 1 rings (SSSR count). The maximum absolute atomic E-state index is 5.69. The van der Waals surface area contributed by atoms with Crippen molar-refractivity contribution in [3.8, 4) is 5.75 Å². The number of benzene rings is 1. The molecular weight excluding hydrogens is 208 g/mol. The molecule has 0 saturated carbocycles. The standard InChI is InChI=1S/C16H24O/c1-14(2)8-7-9-15(3)12-13-17-16-10-5-4-6-11-16/h4-6,8,10-11,15H,7,9,12-13H2,1-3H3/t15-/m0/s1. The van der Waals surface area contributed by atoms with Gasteiger partial charge in [-0.25, -0.2) is 0 Å². The lowest BCUT2D eigenvalue weighted by Gasteiger charge is -2.11. The number of allylic oxidation sites excluding steroid dienone is 2. The Morgan fingerprint density at radius 3 is 2.53 bits per heavy atom. The third-order valence-corrected chi connectivity index (χ3v) is 2.83. The summed E-state index contributed by atoms with van der Waals surface area (Å²) in [6.45, 7) is 7.43. The minimum Gasteiger partial charge on any atom is -0.494 e. The second-order valence-electron chi connectivity index (χ2n) is 4.91. The van der Waals surface area contributed by atoms with Crippen LogP contribution in [0.25, 0.3) is 0 Å². The first-order chi connectivity index (χ1) is 8.18. The maximum atomic E-state index is 5.69. The zero-order valence-corrected chi connectivity index (χ0v) is 11.3. The van der Waals surface area contributed by atoms with Gasteiger partial charge in [0.2, 0.25) is 0 Å². The molecule has 0 aromatic heterocycles. The van der Waals surface area contributed by atoms with Gasteiger partial charge < -0.3 is 4.74 Å². The predicted octanol–water partition coefficient (Wildman–Crippen LogP) is 4.84. The maximum Gasteiger partial charge on any atom is 0.119 e. The van der Waals surface area contributed by atoms with Crippen LogP contribution in [-0.2, 0) is 0 Å². The van der Waals surface area contributed by atoms with E-state index in [0.717, 1.165) is 24.7 Å². The summed E-state index contributed by atoms with van der Waals surface area (Å²) >= 11 is 0. The van der Waals surface area contributed by atoms with Crippen molar-refractivity contribution in [1.82, 2.24) is 0 Å². The summed E-state index contributed by atoms with van der Waals surface area (Å²) in [7, 11) is 0. The first kappa shape index (κ1) is 13.8. The summed E-state index contributed by atoms with van der Waals surface area (Å²) in [4.78, 5) is 0. The highest BCUT2D eigenvalue weighted by molar-refractivity contribution is 5.20. The highest BCUT2D eigenvalue weighted by Crippen LogP contribution is 2.14. The first-order valence-electron chi connectivity index (χ1n) is 6.49. The van der Waals surface area contributed by atoms with Crippen LogP contribution in [0.5, 0.6) is 5.75 Å². The minimum absolute atomic E-state index is 0.731. The lowest BCUT2D eigenvalue weighted by molar-refractivity contribution is 0.279. The summed E-state index contributed by atoms with van der Waals surface area (Å²) in [6.07, 6.45) is 5.89. The van der Waals surface area contributed by atoms with Crippen LogP contribution in [0.4, 0.5) is 0 Å². The predicted molar refractivity (Wildman–Crippen MR) is 74.4 cm³/mol. The van der Waals surface area contributed by atoms with Crippen molar-refractivity contribution in [3.63, 3.8) is 0 Å². The van der Waals surface area contributed by atoms with Crippen LogP contribution in [0.3, 0.4) is 0 Å². The van der Waals surface area contributed by atoms with Crippen LogP contribution in [0.2, 0.25) is 0 Å². The topological polar surface area (TPSA) is 9.23 Å². The van der Waals surface area contributed by atoms with E-state index in [9.17, 15) is 0 Å². The molecule has 0 amide bonds. The van der Waals surface area contributed by atoms with E-state index < -0.39 is 0 Å². The van der Waals surface area contributed by atoms with E-state index in [-0.39, 0.29) is 0 Å². The smallest absolute Gasteiger partial charge is 0.119 e. The summed E-state index contributed by atoms with van der Waals surface area (Å²) in [6, 6.07) is 10.0. The van der Waals surface area contributed by atoms with Crippen molar-refractivity contribution in [3.05, 3.63) is 42.0 Å². The van der Waals surface area contributed by atoms with Crippen LogP contribution < -0.4 is 4.74 Å². The number of rotatable bonds is 7. The molecule has 1 aromatic carbocycles. The summed E-state index contributed by atoms with van der Waals surface area (Å²) < 4.78 is 5.69. The highest BCUT2D eigenvalue weighted by Gasteiger charge is 2.01. The second kappa shape index (κ2) is 7.94. The Bertz CT molecular complexity index is 323. The Labute approximate surface area is 106 Å². The monoisotopic (exact) mass is 232 g/mol. The zero-order chi connectivity index (χ0) is 12.5. The summed E-state index contributed by atoms with van der Waals surface area (Å²) in [5.74, 6) is 1.71. The van der Waals surface area contributed by atoms with Gasteiger partial charge in [0.15, 0.2) is 0 Å². The molecule has 1 heteroatoms. The van der Waals surface area contributed by atoms with Crippen molar-refractivity contribution < 1.29 is 4.74 Å². The molecule has 0 radical (unpaired) electrons. The van der Waals surface area contributed by atoms with Gasteiger partial charge in [-0.05, 0) is 51.2 Å². The Hall–Kier alpha value is -1.24. The van der Waals surface area contributed by atoms with Gasteiger partial charge in [-0.3, -0.25) is 0 Å². The largest absolute Gasteiger partial charge is 0.494 e. The molecule has 0 bridgehead atoms. The molecule has 0 unspecified atom stereocenters. The van der Waals surface area contributed by atoms with E-state index in [4.69, 9.17) is 4.74 Å². The number of hydrogen-bond acceptors (Lipinski definition) is 1. The van der Waals surface area contributed by atoms with E-state index in [0.29, 0.717) is 0 Å². The van der Waals surface area contributed by atoms with Gasteiger partial charge >= 0.3 is 0 Å². The molecule has 0 spiro atoms. The van der Waals surface area contributed by atoms with Gasteiger partial charge in [-0.15, -0.1) is 0 Å². The normalized spacial score (nSPS) is 11.9. The van der Waals surface area contributed by atoms with E-state index in [1.165, 1.54) is 18.4 Å². The van der Waals surface area contributed by atoms with Gasteiger partial charge in [-0.2, -0.15) is 0 Å². The molecular formula is C16H24O. The first-order valence-corrected chi connectivity index (χ1v) is 6.49. The van der Waals surface area contributed by atoms with Gasteiger partial charge in [0, 0.05) is 0 Å². The van der Waals surface area contributed by atoms with Crippen LogP contribution in [-0.4, -0.2) is 6.61 Å². The second-order valence-corrected chi connectivity index (χ2v) is 4.91. The van der Waals surface area contributed by atoms with E-state index in [1.807, 2.05) is 30.3 Å². The van der Waals surface area contributed by atoms with Crippen molar-refractivity contribution >= 4 is 0 Å². The molecule has 1 nitrogen and oxygen atoms in total. The number of hydrogen-bond donors (Lipinski definition) is 0. The number of para-hydroxylation sites is 1. The van der Waals surface area contributed by atoms with Gasteiger partial charge in [0.25, 0.3) is 0 Å².